The lowest BCUT2D eigenvalue weighted by molar-refractivity contribution is -0.132. The number of Topliss-reactive ketones (excluding diaryl/α,β-unsaturated/α-hetero) is 2. The zero-order valence-electron chi connectivity index (χ0n) is 12.7. The van der Waals surface area contributed by atoms with E-state index in [0.29, 0.717) is 12.8 Å². The molecule has 23 heavy (non-hydrogen) atoms. The summed E-state index contributed by atoms with van der Waals surface area (Å²) in [5, 5.41) is 0.970. The van der Waals surface area contributed by atoms with Gasteiger partial charge in [0.1, 0.15) is 17.5 Å². The van der Waals surface area contributed by atoms with E-state index >= 15 is 0 Å². The SMILES string of the molecule is O=C1CC(c2ccccc2)CC(=O)C1c1c[nH]c2ccccc12. The number of benzene rings is 2. The first kappa shape index (κ1) is 13.9. The van der Waals surface area contributed by atoms with Gasteiger partial charge in [-0.1, -0.05) is 48.5 Å². The van der Waals surface area contributed by atoms with E-state index in [1.54, 1.807) is 0 Å². The highest BCUT2D eigenvalue weighted by Crippen LogP contribution is 2.38. The number of aromatic nitrogens is 1. The number of nitrogens with one attached hydrogen (secondary N) is 1. The summed E-state index contributed by atoms with van der Waals surface area (Å²) in [7, 11) is 0. The summed E-state index contributed by atoms with van der Waals surface area (Å²) in [5.74, 6) is -0.552. The molecule has 1 aliphatic carbocycles. The Morgan fingerprint density at radius 3 is 2.22 bits per heavy atom. The van der Waals surface area contributed by atoms with Crippen LogP contribution in [0.5, 0.6) is 0 Å². The maximum Gasteiger partial charge on any atom is 0.148 e. The molecule has 1 saturated carbocycles. The zero-order valence-corrected chi connectivity index (χ0v) is 12.7. The molecule has 3 nitrogen and oxygen atoms in total. The second-order valence-corrected chi connectivity index (χ2v) is 6.17. The van der Waals surface area contributed by atoms with Gasteiger partial charge in [-0.25, -0.2) is 0 Å². The van der Waals surface area contributed by atoms with E-state index < -0.39 is 5.92 Å². The van der Waals surface area contributed by atoms with Gasteiger partial charge in [-0.05, 0) is 23.1 Å². The summed E-state index contributed by atoms with van der Waals surface area (Å²) in [5.41, 5.74) is 2.86. The molecule has 0 atom stereocenters. The van der Waals surface area contributed by atoms with Crippen molar-refractivity contribution in [2.75, 3.05) is 0 Å². The van der Waals surface area contributed by atoms with Gasteiger partial charge in [0.25, 0.3) is 0 Å². The third-order valence-electron chi connectivity index (χ3n) is 4.74. The van der Waals surface area contributed by atoms with Crippen molar-refractivity contribution in [3.05, 3.63) is 71.9 Å². The molecule has 2 aromatic carbocycles. The van der Waals surface area contributed by atoms with Crippen LogP contribution in [0.2, 0.25) is 0 Å². The second-order valence-electron chi connectivity index (χ2n) is 6.17. The highest BCUT2D eigenvalue weighted by molar-refractivity contribution is 6.12. The van der Waals surface area contributed by atoms with E-state index in [1.807, 2.05) is 60.8 Å². The van der Waals surface area contributed by atoms with Crippen LogP contribution in [0, 0.1) is 0 Å². The molecular formula is C20H17NO2. The number of rotatable bonds is 2. The molecule has 0 spiro atoms. The van der Waals surface area contributed by atoms with Gasteiger partial charge in [0.05, 0.1) is 0 Å². The van der Waals surface area contributed by atoms with E-state index in [2.05, 4.69) is 4.98 Å². The largest absolute Gasteiger partial charge is 0.361 e. The van der Waals surface area contributed by atoms with Crippen molar-refractivity contribution in [2.24, 2.45) is 0 Å². The van der Waals surface area contributed by atoms with Gasteiger partial charge in [0, 0.05) is 29.9 Å². The van der Waals surface area contributed by atoms with E-state index in [9.17, 15) is 9.59 Å². The number of carbonyl (C=O) groups is 2. The minimum absolute atomic E-state index is 0.0117. The van der Waals surface area contributed by atoms with Crippen LogP contribution in [0.4, 0.5) is 0 Å². The summed E-state index contributed by atoms with van der Waals surface area (Å²) in [6, 6.07) is 17.7. The van der Waals surface area contributed by atoms with Crippen LogP contribution >= 0.6 is 0 Å². The topological polar surface area (TPSA) is 49.9 Å². The third kappa shape index (κ3) is 2.38. The van der Waals surface area contributed by atoms with Crippen LogP contribution in [0.1, 0.15) is 35.8 Å². The van der Waals surface area contributed by atoms with Gasteiger partial charge in [-0.2, -0.15) is 0 Å². The maximum atomic E-state index is 12.7. The first-order chi connectivity index (χ1) is 11.2. The Balaban J connectivity index is 1.67. The first-order valence-electron chi connectivity index (χ1n) is 7.90. The van der Waals surface area contributed by atoms with Crippen molar-refractivity contribution in [1.82, 2.24) is 4.98 Å². The van der Waals surface area contributed by atoms with Gasteiger partial charge >= 0.3 is 0 Å². The fraction of sp³-hybridized carbons (Fsp3) is 0.200. The van der Waals surface area contributed by atoms with Crippen LogP contribution in [-0.2, 0) is 9.59 Å². The third-order valence-corrected chi connectivity index (χ3v) is 4.74. The molecule has 3 heteroatoms. The molecule has 0 aliphatic heterocycles. The smallest absolute Gasteiger partial charge is 0.148 e. The Labute approximate surface area is 134 Å². The summed E-state index contributed by atoms with van der Waals surface area (Å²) in [6.07, 6.45) is 2.67. The van der Waals surface area contributed by atoms with Crippen molar-refractivity contribution in [3.63, 3.8) is 0 Å². The number of hydrogen-bond acceptors (Lipinski definition) is 2. The molecular weight excluding hydrogens is 286 g/mol. The van der Waals surface area contributed by atoms with Crippen molar-refractivity contribution >= 4 is 22.5 Å². The number of aromatic amines is 1. The zero-order chi connectivity index (χ0) is 15.8. The lowest BCUT2D eigenvalue weighted by atomic mass is 9.74. The van der Waals surface area contributed by atoms with Crippen LogP contribution in [-0.4, -0.2) is 16.6 Å². The molecule has 3 aromatic rings. The normalized spacial score (nSPS) is 21.7. The van der Waals surface area contributed by atoms with E-state index in [0.717, 1.165) is 22.0 Å². The Kier molecular flexibility index (Phi) is 3.34. The van der Waals surface area contributed by atoms with Crippen molar-refractivity contribution in [1.29, 1.82) is 0 Å². The van der Waals surface area contributed by atoms with Crippen LogP contribution in [0.15, 0.2) is 60.8 Å². The molecule has 0 saturated heterocycles. The number of H-pyrrole nitrogens is 1. The lowest BCUT2D eigenvalue weighted by Crippen LogP contribution is -2.30. The highest BCUT2D eigenvalue weighted by atomic mass is 16.2. The number of ketones is 2. The maximum absolute atomic E-state index is 12.7. The quantitative estimate of drug-likeness (QED) is 0.728. The minimum Gasteiger partial charge on any atom is -0.361 e. The van der Waals surface area contributed by atoms with Crippen LogP contribution < -0.4 is 0 Å². The molecule has 1 fully saturated rings. The fourth-order valence-corrected chi connectivity index (χ4v) is 3.61. The average Bonchev–Trinajstić information content (AvgIpc) is 2.99. The fourth-order valence-electron chi connectivity index (χ4n) is 3.61. The molecule has 0 unspecified atom stereocenters. The molecule has 1 N–H and O–H groups in total. The Hall–Kier alpha value is -2.68. The van der Waals surface area contributed by atoms with Crippen molar-refractivity contribution in [3.8, 4) is 0 Å². The first-order valence-corrected chi connectivity index (χ1v) is 7.90. The van der Waals surface area contributed by atoms with Gasteiger partial charge in [-0.15, -0.1) is 0 Å². The predicted octanol–water partition coefficient (Wildman–Crippen LogP) is 3.97. The summed E-state index contributed by atoms with van der Waals surface area (Å²) in [6.45, 7) is 0. The molecule has 0 radical (unpaired) electrons. The molecule has 4 rings (SSSR count). The summed E-state index contributed by atoms with van der Waals surface area (Å²) < 4.78 is 0. The molecule has 1 aliphatic rings. The molecule has 114 valence electrons. The average molecular weight is 303 g/mol. The minimum atomic E-state index is -0.619. The molecule has 0 amide bonds. The highest BCUT2D eigenvalue weighted by Gasteiger charge is 2.38. The van der Waals surface area contributed by atoms with Crippen molar-refractivity contribution < 1.29 is 9.59 Å². The van der Waals surface area contributed by atoms with E-state index in [1.165, 1.54) is 0 Å². The van der Waals surface area contributed by atoms with Crippen LogP contribution in [0.25, 0.3) is 10.9 Å². The standard InChI is InChI=1S/C20H17NO2/c22-18-10-14(13-6-2-1-3-7-13)11-19(23)20(18)16-12-21-17-9-5-4-8-15(16)17/h1-9,12,14,20-21H,10-11H2. The number of hydrogen-bond donors (Lipinski definition) is 1. The van der Waals surface area contributed by atoms with Crippen LogP contribution in [0.3, 0.4) is 0 Å². The predicted molar refractivity (Wildman–Crippen MR) is 89.5 cm³/mol. The lowest BCUT2D eigenvalue weighted by Gasteiger charge is -2.26. The Morgan fingerprint density at radius 1 is 0.826 bits per heavy atom. The molecule has 0 bridgehead atoms. The Morgan fingerprint density at radius 2 is 1.48 bits per heavy atom. The Bertz CT molecular complexity index is 861. The second kappa shape index (κ2) is 5.51. The van der Waals surface area contributed by atoms with Gasteiger partial charge < -0.3 is 4.98 Å². The number of para-hydroxylation sites is 1. The monoisotopic (exact) mass is 303 g/mol. The molecule has 1 aromatic heterocycles. The number of fused-ring (bicyclic) bond motifs is 1. The van der Waals surface area contributed by atoms with Crippen molar-refractivity contribution in [2.45, 2.75) is 24.7 Å². The molecule has 1 heterocycles. The van der Waals surface area contributed by atoms with E-state index in [-0.39, 0.29) is 17.5 Å². The van der Waals surface area contributed by atoms with Gasteiger partial charge in [0.2, 0.25) is 0 Å². The summed E-state index contributed by atoms with van der Waals surface area (Å²) in [4.78, 5) is 28.6. The van der Waals surface area contributed by atoms with Gasteiger partial charge in [-0.3, -0.25) is 9.59 Å². The summed E-state index contributed by atoms with van der Waals surface area (Å²) >= 11 is 0. The van der Waals surface area contributed by atoms with E-state index in [4.69, 9.17) is 0 Å². The van der Waals surface area contributed by atoms with Gasteiger partial charge in [0.15, 0.2) is 0 Å². The number of carbonyl (C=O) groups excluding carboxylic acids is 2.